The predicted molar refractivity (Wildman–Crippen MR) is 168 cm³/mol. The van der Waals surface area contributed by atoms with Gasteiger partial charge in [0.2, 0.25) is 5.91 Å². The zero-order valence-corrected chi connectivity index (χ0v) is 23.9. The fraction of sp³-hybridized carbons (Fsp3) is 0.143. The molecular weight excluding hydrogens is 542 g/mol. The van der Waals surface area contributed by atoms with Gasteiger partial charge in [0.05, 0.1) is 10.6 Å². The van der Waals surface area contributed by atoms with Gasteiger partial charge in [0.1, 0.15) is 5.65 Å². The smallest absolute Gasteiger partial charge is 0.229 e. The Hall–Kier alpha value is -4.75. The number of nitrogens with one attached hydrogen (secondary N) is 1. The van der Waals surface area contributed by atoms with E-state index >= 15 is 0 Å². The Morgan fingerprint density at radius 2 is 1.57 bits per heavy atom. The number of fused-ring (bicyclic) bond motifs is 3. The first-order valence-corrected chi connectivity index (χ1v) is 15.7. The molecule has 1 amide bonds. The molecule has 1 aliphatic carbocycles. The zero-order chi connectivity index (χ0) is 28.8. The number of H-pyrrole nitrogens is 1. The van der Waals surface area contributed by atoms with E-state index in [1.165, 1.54) is 0 Å². The van der Waals surface area contributed by atoms with Crippen molar-refractivity contribution in [1.29, 1.82) is 0 Å². The summed E-state index contributed by atoms with van der Waals surface area (Å²) < 4.78 is 26.4. The lowest BCUT2D eigenvalue weighted by Gasteiger charge is -2.18. The van der Waals surface area contributed by atoms with Gasteiger partial charge in [-0.15, -0.1) is 0 Å². The van der Waals surface area contributed by atoms with Crippen molar-refractivity contribution in [3.63, 3.8) is 0 Å². The Bertz CT molecular complexity index is 2050. The molecule has 1 N–H and O–H groups in total. The quantitative estimate of drug-likeness (QED) is 0.216. The summed E-state index contributed by atoms with van der Waals surface area (Å²) in [6, 6.07) is 32.5. The van der Waals surface area contributed by atoms with Gasteiger partial charge in [0, 0.05) is 52.3 Å². The van der Waals surface area contributed by atoms with Crippen LogP contribution in [0.4, 0.5) is 5.69 Å². The minimum Gasteiger partial charge on any atom is -0.339 e. The van der Waals surface area contributed by atoms with E-state index in [0.717, 1.165) is 62.7 Å². The molecule has 7 rings (SSSR count). The molecule has 2 aromatic heterocycles. The summed E-state index contributed by atoms with van der Waals surface area (Å²) in [6.45, 7) is 0. The molecule has 0 spiro atoms. The van der Waals surface area contributed by atoms with E-state index in [1.54, 1.807) is 29.2 Å². The van der Waals surface area contributed by atoms with Crippen LogP contribution in [0.25, 0.3) is 44.2 Å². The Morgan fingerprint density at radius 1 is 0.881 bits per heavy atom. The molecule has 208 valence electrons. The zero-order valence-electron chi connectivity index (χ0n) is 23.1. The third-order valence-electron chi connectivity index (χ3n) is 8.03. The Balaban J connectivity index is 1.36. The number of anilines is 1. The minimum atomic E-state index is -3.50. The summed E-state index contributed by atoms with van der Waals surface area (Å²) in [4.78, 5) is 22.9. The van der Waals surface area contributed by atoms with Crippen LogP contribution in [-0.4, -0.2) is 31.3 Å². The minimum absolute atomic E-state index is 0.0953. The maximum Gasteiger partial charge on any atom is 0.229 e. The van der Waals surface area contributed by atoms with Crippen molar-refractivity contribution < 1.29 is 13.2 Å². The van der Waals surface area contributed by atoms with Crippen molar-refractivity contribution in [2.24, 2.45) is 5.92 Å². The van der Waals surface area contributed by atoms with Crippen LogP contribution < -0.4 is 4.90 Å². The lowest BCUT2D eigenvalue weighted by molar-refractivity contribution is -0.119. The Morgan fingerprint density at radius 3 is 2.26 bits per heavy atom. The Kier molecular flexibility index (Phi) is 6.39. The maximum atomic E-state index is 13.2. The Labute approximate surface area is 244 Å². The van der Waals surface area contributed by atoms with E-state index in [4.69, 9.17) is 4.98 Å². The number of hydrogen-bond donors (Lipinski definition) is 1. The molecule has 2 heterocycles. The van der Waals surface area contributed by atoms with Crippen molar-refractivity contribution in [3.05, 3.63) is 115 Å². The fourth-order valence-corrected chi connectivity index (χ4v) is 7.00. The lowest BCUT2D eigenvalue weighted by Crippen LogP contribution is -2.27. The van der Waals surface area contributed by atoms with Crippen molar-refractivity contribution >= 4 is 43.4 Å². The van der Waals surface area contributed by atoms with E-state index in [0.29, 0.717) is 10.5 Å². The molecule has 0 atom stereocenters. The largest absolute Gasteiger partial charge is 0.339 e. The number of pyridine rings is 1. The molecule has 1 aliphatic rings. The first-order valence-electron chi connectivity index (χ1n) is 14.0. The van der Waals surface area contributed by atoms with Crippen molar-refractivity contribution in [2.45, 2.75) is 23.5 Å². The number of aromatic nitrogens is 2. The second-order valence-electron chi connectivity index (χ2n) is 10.9. The highest BCUT2D eigenvalue weighted by Crippen LogP contribution is 2.41. The summed E-state index contributed by atoms with van der Waals surface area (Å²) in [5, 5.41) is 1.86. The van der Waals surface area contributed by atoms with E-state index in [-0.39, 0.29) is 17.6 Å². The molecule has 6 aromatic rings. The van der Waals surface area contributed by atoms with Crippen LogP contribution >= 0.6 is 0 Å². The van der Waals surface area contributed by atoms with E-state index in [1.807, 2.05) is 80.0 Å². The molecule has 6 nitrogen and oxygen atoms in total. The van der Waals surface area contributed by atoms with E-state index in [2.05, 4.69) is 17.1 Å². The van der Waals surface area contributed by atoms with Crippen molar-refractivity contribution in [3.8, 4) is 22.3 Å². The van der Waals surface area contributed by atoms with Crippen molar-refractivity contribution in [2.75, 3.05) is 11.9 Å². The van der Waals surface area contributed by atoms with Crippen LogP contribution in [-0.2, 0) is 20.4 Å². The molecule has 1 fully saturated rings. The summed E-state index contributed by atoms with van der Waals surface area (Å²) in [7, 11) is -1.67. The second kappa shape index (κ2) is 10.3. The van der Waals surface area contributed by atoms with Crippen molar-refractivity contribution in [1.82, 2.24) is 9.97 Å². The number of benzene rings is 4. The summed E-state index contributed by atoms with van der Waals surface area (Å²) in [6.07, 6.45) is 3.82. The molecule has 0 unspecified atom stereocenters. The number of sulfone groups is 1. The summed E-state index contributed by atoms with van der Waals surface area (Å²) >= 11 is 0. The SMILES string of the molecule is CN(C(=O)C1CC1)c1ccc(-c2cnc3[nH]c4ccc(CS(=O)(=O)c5ccccc5)cc4c3c2-c2ccccc2)cc1. The topological polar surface area (TPSA) is 83.1 Å². The number of carbonyl (C=O) groups excluding carboxylic acids is 1. The summed E-state index contributed by atoms with van der Waals surface area (Å²) in [5.74, 6) is 0.224. The van der Waals surface area contributed by atoms with Crippen LogP contribution in [0.15, 0.2) is 114 Å². The van der Waals surface area contributed by atoms with Crippen LogP contribution in [0.3, 0.4) is 0 Å². The molecule has 4 aromatic carbocycles. The van der Waals surface area contributed by atoms with Crippen LogP contribution in [0.2, 0.25) is 0 Å². The lowest BCUT2D eigenvalue weighted by atomic mass is 9.92. The van der Waals surface area contributed by atoms with Gasteiger partial charge in [-0.1, -0.05) is 66.7 Å². The van der Waals surface area contributed by atoms with Crippen LogP contribution in [0.5, 0.6) is 0 Å². The van der Waals surface area contributed by atoms with Gasteiger partial charge in [-0.2, -0.15) is 0 Å². The first-order chi connectivity index (χ1) is 20.4. The highest BCUT2D eigenvalue weighted by atomic mass is 32.2. The monoisotopic (exact) mass is 571 g/mol. The average Bonchev–Trinajstić information content (AvgIpc) is 3.81. The maximum absolute atomic E-state index is 13.2. The highest BCUT2D eigenvalue weighted by molar-refractivity contribution is 7.90. The molecule has 0 bridgehead atoms. The van der Waals surface area contributed by atoms with Gasteiger partial charge in [-0.3, -0.25) is 4.79 Å². The molecule has 1 saturated carbocycles. The van der Waals surface area contributed by atoms with Gasteiger partial charge < -0.3 is 9.88 Å². The predicted octanol–water partition coefficient (Wildman–Crippen LogP) is 7.40. The number of aromatic amines is 1. The van der Waals surface area contributed by atoms with Gasteiger partial charge >= 0.3 is 0 Å². The highest BCUT2D eigenvalue weighted by Gasteiger charge is 2.32. The molecule has 7 heteroatoms. The number of nitrogens with zero attached hydrogens (tertiary/aromatic N) is 2. The normalized spacial score (nSPS) is 13.5. The van der Waals surface area contributed by atoms with E-state index in [9.17, 15) is 13.2 Å². The standard InChI is InChI=1S/C35H29N3O3S/c1-38(35(39)26-13-14-26)27-17-15-24(16-18-27)30-21-36-34-33(32(30)25-8-4-2-5-9-25)29-20-23(12-19-31(29)37-34)22-42(40,41)28-10-6-3-7-11-28/h2-12,15-21,26H,13-14,22H2,1H3,(H,36,37). The van der Waals surface area contributed by atoms with Gasteiger partial charge in [0.15, 0.2) is 9.84 Å². The van der Waals surface area contributed by atoms with Gasteiger partial charge in [-0.25, -0.2) is 13.4 Å². The van der Waals surface area contributed by atoms with Crippen LogP contribution in [0.1, 0.15) is 18.4 Å². The first kappa shape index (κ1) is 26.2. The van der Waals surface area contributed by atoms with E-state index < -0.39 is 9.84 Å². The average molecular weight is 572 g/mol. The molecule has 0 aliphatic heterocycles. The van der Waals surface area contributed by atoms with Crippen LogP contribution in [0, 0.1) is 5.92 Å². The molecule has 42 heavy (non-hydrogen) atoms. The number of hydrogen-bond acceptors (Lipinski definition) is 4. The third kappa shape index (κ3) is 4.76. The van der Waals surface area contributed by atoms with Gasteiger partial charge in [-0.05, 0) is 65.9 Å². The summed E-state index contributed by atoms with van der Waals surface area (Å²) in [5.41, 5.74) is 7.20. The molecule has 0 saturated heterocycles. The number of carbonyl (C=O) groups is 1. The molecular formula is C35H29N3O3S. The molecule has 0 radical (unpaired) electrons. The second-order valence-corrected chi connectivity index (χ2v) is 12.9. The third-order valence-corrected chi connectivity index (χ3v) is 9.73. The van der Waals surface area contributed by atoms with Gasteiger partial charge in [0.25, 0.3) is 0 Å². The number of amides is 1. The fourth-order valence-electron chi connectivity index (χ4n) is 5.64. The number of rotatable bonds is 7.